The molecule has 0 radical (unpaired) electrons. The second kappa shape index (κ2) is 8.16. The summed E-state index contributed by atoms with van der Waals surface area (Å²) in [6.45, 7) is 6.89. The molecule has 0 aliphatic carbocycles. The molecule has 2 fully saturated rings. The van der Waals surface area contributed by atoms with Crippen molar-refractivity contribution >= 4 is 11.9 Å². The molecule has 1 aromatic heterocycles. The Balaban J connectivity index is 1.33. The molecule has 1 N–H and O–H groups in total. The maximum absolute atomic E-state index is 12.2. The van der Waals surface area contributed by atoms with Gasteiger partial charge in [-0.2, -0.15) is 0 Å². The Kier molecular flexibility index (Phi) is 5.71. The summed E-state index contributed by atoms with van der Waals surface area (Å²) >= 11 is 0. The Hall–Kier alpha value is -2.06. The molecular weight excluding hydrogens is 312 g/mol. The van der Waals surface area contributed by atoms with Crippen LogP contribution in [-0.4, -0.2) is 92.2 Å². The van der Waals surface area contributed by atoms with Gasteiger partial charge in [-0.1, -0.05) is 0 Å². The molecule has 2 saturated heterocycles. The number of hydrogen-bond donors (Lipinski definition) is 1. The third kappa shape index (κ3) is 4.27. The molecule has 0 spiro atoms. The molecule has 1 aromatic rings. The molecule has 8 nitrogen and oxygen atoms in total. The van der Waals surface area contributed by atoms with Crippen LogP contribution in [0.1, 0.15) is 10.6 Å². The normalized spacial score (nSPS) is 19.3. The van der Waals surface area contributed by atoms with Crippen LogP contribution in [0.5, 0.6) is 0 Å². The highest BCUT2D eigenvalue weighted by atomic mass is 16.5. The number of urea groups is 1. The molecule has 3 amide bonds. The summed E-state index contributed by atoms with van der Waals surface area (Å²) in [5, 5.41) is 2.95. The van der Waals surface area contributed by atoms with Gasteiger partial charge in [0.2, 0.25) is 0 Å². The van der Waals surface area contributed by atoms with Crippen molar-refractivity contribution in [1.82, 2.24) is 20.0 Å². The second-order valence-corrected chi connectivity index (χ2v) is 5.94. The van der Waals surface area contributed by atoms with E-state index in [9.17, 15) is 9.59 Å². The fraction of sp³-hybridized carbons (Fsp3) is 0.625. The highest BCUT2D eigenvalue weighted by molar-refractivity contribution is 5.91. The van der Waals surface area contributed by atoms with Crippen LogP contribution in [0, 0.1) is 0 Å². The van der Waals surface area contributed by atoms with Gasteiger partial charge in [0.25, 0.3) is 5.91 Å². The maximum atomic E-state index is 12.2. The van der Waals surface area contributed by atoms with Crippen molar-refractivity contribution < 1.29 is 18.7 Å². The van der Waals surface area contributed by atoms with E-state index < -0.39 is 0 Å². The van der Waals surface area contributed by atoms with Crippen molar-refractivity contribution in [2.24, 2.45) is 0 Å². The van der Waals surface area contributed by atoms with E-state index in [1.807, 2.05) is 4.90 Å². The lowest BCUT2D eigenvalue weighted by Gasteiger charge is -2.34. The van der Waals surface area contributed by atoms with E-state index in [4.69, 9.17) is 9.15 Å². The van der Waals surface area contributed by atoms with Gasteiger partial charge in [-0.05, 0) is 12.1 Å². The Bertz CT molecular complexity index is 534. The van der Waals surface area contributed by atoms with Gasteiger partial charge in [0.1, 0.15) is 0 Å². The van der Waals surface area contributed by atoms with Crippen molar-refractivity contribution in [3.8, 4) is 0 Å². The van der Waals surface area contributed by atoms with Crippen LogP contribution in [0.4, 0.5) is 4.79 Å². The van der Waals surface area contributed by atoms with Gasteiger partial charge < -0.3 is 24.3 Å². The Morgan fingerprint density at radius 1 is 1.04 bits per heavy atom. The molecule has 3 heterocycles. The van der Waals surface area contributed by atoms with E-state index in [0.29, 0.717) is 51.7 Å². The van der Waals surface area contributed by atoms with Crippen LogP contribution in [0.15, 0.2) is 22.8 Å². The van der Waals surface area contributed by atoms with E-state index in [-0.39, 0.29) is 11.9 Å². The first-order valence-electron chi connectivity index (χ1n) is 8.40. The SMILES string of the molecule is O=C(NCCN1CCN(C(=O)c2ccco2)CC1)N1CCOCC1. The van der Waals surface area contributed by atoms with E-state index in [2.05, 4.69) is 10.2 Å². The minimum absolute atomic E-state index is 0.0232. The van der Waals surface area contributed by atoms with Crippen molar-refractivity contribution in [1.29, 1.82) is 0 Å². The van der Waals surface area contributed by atoms with E-state index >= 15 is 0 Å². The summed E-state index contributed by atoms with van der Waals surface area (Å²) in [5.41, 5.74) is 0. The van der Waals surface area contributed by atoms with Gasteiger partial charge in [-0.15, -0.1) is 0 Å². The Morgan fingerprint density at radius 2 is 1.79 bits per heavy atom. The number of nitrogens with one attached hydrogen (secondary N) is 1. The quantitative estimate of drug-likeness (QED) is 0.842. The number of amides is 3. The molecule has 0 saturated carbocycles. The number of hydrogen-bond acceptors (Lipinski definition) is 5. The molecule has 2 aliphatic rings. The number of ether oxygens (including phenoxy) is 1. The van der Waals surface area contributed by atoms with E-state index in [1.165, 1.54) is 6.26 Å². The molecule has 3 rings (SSSR count). The van der Waals surface area contributed by atoms with Crippen molar-refractivity contribution in [2.75, 3.05) is 65.6 Å². The summed E-state index contributed by atoms with van der Waals surface area (Å²) in [6.07, 6.45) is 1.51. The first-order chi connectivity index (χ1) is 11.7. The Labute approximate surface area is 141 Å². The zero-order valence-electron chi connectivity index (χ0n) is 13.8. The molecule has 24 heavy (non-hydrogen) atoms. The third-order valence-corrected chi connectivity index (χ3v) is 4.39. The van der Waals surface area contributed by atoms with E-state index in [1.54, 1.807) is 17.0 Å². The van der Waals surface area contributed by atoms with Crippen LogP contribution in [-0.2, 0) is 4.74 Å². The summed E-state index contributed by atoms with van der Waals surface area (Å²) in [5.74, 6) is 0.335. The summed E-state index contributed by atoms with van der Waals surface area (Å²) in [7, 11) is 0. The zero-order chi connectivity index (χ0) is 16.8. The number of morpholine rings is 1. The van der Waals surface area contributed by atoms with Crippen LogP contribution in [0.25, 0.3) is 0 Å². The summed E-state index contributed by atoms with van der Waals surface area (Å²) < 4.78 is 10.4. The van der Waals surface area contributed by atoms with Crippen molar-refractivity contribution in [3.05, 3.63) is 24.2 Å². The molecule has 0 unspecified atom stereocenters. The number of nitrogens with zero attached hydrogens (tertiary/aromatic N) is 3. The molecular formula is C16H24N4O4. The molecule has 132 valence electrons. The lowest BCUT2D eigenvalue weighted by molar-refractivity contribution is 0.0525. The summed E-state index contributed by atoms with van der Waals surface area (Å²) in [6, 6.07) is 3.39. The first-order valence-corrected chi connectivity index (χ1v) is 8.40. The third-order valence-electron chi connectivity index (χ3n) is 4.39. The van der Waals surface area contributed by atoms with Crippen molar-refractivity contribution in [2.45, 2.75) is 0 Å². The van der Waals surface area contributed by atoms with Crippen LogP contribution >= 0.6 is 0 Å². The number of furan rings is 1. The minimum atomic E-state index is -0.0553. The highest BCUT2D eigenvalue weighted by Crippen LogP contribution is 2.09. The maximum Gasteiger partial charge on any atom is 0.317 e. The smallest absolute Gasteiger partial charge is 0.317 e. The lowest BCUT2D eigenvalue weighted by Crippen LogP contribution is -2.51. The minimum Gasteiger partial charge on any atom is -0.459 e. The van der Waals surface area contributed by atoms with Gasteiger partial charge in [0, 0.05) is 52.4 Å². The topological polar surface area (TPSA) is 78.3 Å². The van der Waals surface area contributed by atoms with Gasteiger partial charge in [0.05, 0.1) is 19.5 Å². The molecule has 0 bridgehead atoms. The average Bonchev–Trinajstić information content (AvgIpc) is 3.17. The van der Waals surface area contributed by atoms with E-state index in [0.717, 1.165) is 19.6 Å². The zero-order valence-corrected chi connectivity index (χ0v) is 13.8. The molecule has 0 aromatic carbocycles. The number of carbonyl (C=O) groups excluding carboxylic acids is 2. The molecule has 8 heteroatoms. The predicted octanol–water partition coefficient (Wildman–Crippen LogP) is 0.0792. The van der Waals surface area contributed by atoms with Crippen molar-refractivity contribution in [3.63, 3.8) is 0 Å². The number of carbonyl (C=O) groups is 2. The predicted molar refractivity (Wildman–Crippen MR) is 86.8 cm³/mol. The summed E-state index contributed by atoms with van der Waals surface area (Å²) in [4.78, 5) is 30.0. The largest absolute Gasteiger partial charge is 0.459 e. The second-order valence-electron chi connectivity index (χ2n) is 5.94. The van der Waals surface area contributed by atoms with Crippen LogP contribution in [0.3, 0.4) is 0 Å². The average molecular weight is 336 g/mol. The standard InChI is InChI=1S/C16H24N4O4/c21-15(14-2-1-11-24-14)19-7-5-18(6-8-19)4-3-17-16(22)20-9-12-23-13-10-20/h1-2,11H,3-10,12-13H2,(H,17,22). The van der Waals surface area contributed by atoms with Gasteiger partial charge in [0.15, 0.2) is 5.76 Å². The lowest BCUT2D eigenvalue weighted by atomic mass is 10.3. The van der Waals surface area contributed by atoms with Crippen LogP contribution < -0.4 is 5.32 Å². The van der Waals surface area contributed by atoms with Crippen LogP contribution in [0.2, 0.25) is 0 Å². The Morgan fingerprint density at radius 3 is 2.46 bits per heavy atom. The highest BCUT2D eigenvalue weighted by Gasteiger charge is 2.23. The van der Waals surface area contributed by atoms with Gasteiger partial charge in [-0.25, -0.2) is 4.79 Å². The molecule has 2 aliphatic heterocycles. The number of rotatable bonds is 4. The fourth-order valence-corrected chi connectivity index (χ4v) is 2.93. The monoisotopic (exact) mass is 336 g/mol. The molecule has 0 atom stereocenters. The van der Waals surface area contributed by atoms with Gasteiger partial charge >= 0.3 is 6.03 Å². The first kappa shape index (κ1) is 16.8. The number of piperazine rings is 1. The van der Waals surface area contributed by atoms with Gasteiger partial charge in [-0.3, -0.25) is 9.69 Å². The fourth-order valence-electron chi connectivity index (χ4n) is 2.93.